The Morgan fingerprint density at radius 2 is 1.64 bits per heavy atom. The van der Waals surface area contributed by atoms with E-state index in [2.05, 4.69) is 5.10 Å². The van der Waals surface area contributed by atoms with Crippen LogP contribution in [0.15, 0.2) is 64.2 Å². The molecule has 0 N–H and O–H groups in total. The summed E-state index contributed by atoms with van der Waals surface area (Å²) in [6.07, 6.45) is 0. The zero-order valence-corrected chi connectivity index (χ0v) is 13.3. The Morgan fingerprint density at radius 1 is 0.920 bits per heavy atom. The van der Waals surface area contributed by atoms with Crippen LogP contribution in [0.1, 0.15) is 5.56 Å². The number of aromatic nitrogens is 3. The van der Waals surface area contributed by atoms with E-state index in [0.29, 0.717) is 24.6 Å². The van der Waals surface area contributed by atoms with Gasteiger partial charge in [0, 0.05) is 24.3 Å². The summed E-state index contributed by atoms with van der Waals surface area (Å²) in [5.74, 6) is -0.0381. The van der Waals surface area contributed by atoms with E-state index in [-0.39, 0.29) is 6.54 Å². The van der Waals surface area contributed by atoms with Gasteiger partial charge in [-0.05, 0) is 18.2 Å². The number of hydrogen-bond acceptors (Lipinski definition) is 4. The van der Waals surface area contributed by atoms with E-state index >= 15 is 0 Å². The molecule has 2 aromatic carbocycles. The van der Waals surface area contributed by atoms with Crippen molar-refractivity contribution in [1.82, 2.24) is 14.3 Å². The number of hydrogen-bond donors (Lipinski definition) is 0. The molecule has 1 aliphatic heterocycles. The minimum atomic E-state index is -0.748. The lowest BCUT2D eigenvalue weighted by atomic mass is 10.2. The first-order valence-corrected chi connectivity index (χ1v) is 7.93. The molecule has 126 valence electrons. The minimum absolute atomic E-state index is 0.0861. The summed E-state index contributed by atoms with van der Waals surface area (Å²) in [7, 11) is 0. The van der Waals surface area contributed by atoms with Gasteiger partial charge in [0.15, 0.2) is 0 Å². The molecule has 1 aromatic heterocycles. The summed E-state index contributed by atoms with van der Waals surface area (Å²) in [4.78, 5) is 26.6. The average Bonchev–Trinajstić information content (AvgIpc) is 3.06. The second kappa shape index (κ2) is 6.01. The van der Waals surface area contributed by atoms with Gasteiger partial charge in [-0.1, -0.05) is 36.4 Å². The van der Waals surface area contributed by atoms with Crippen LogP contribution >= 0.6 is 0 Å². The third-order valence-corrected chi connectivity index (χ3v) is 4.25. The molecule has 2 heterocycles. The van der Waals surface area contributed by atoms with E-state index in [1.54, 1.807) is 18.2 Å². The lowest BCUT2D eigenvalue weighted by molar-refractivity contribution is 0.555. The molecule has 4 rings (SSSR count). The Morgan fingerprint density at radius 3 is 2.40 bits per heavy atom. The van der Waals surface area contributed by atoms with E-state index in [9.17, 15) is 14.0 Å². The van der Waals surface area contributed by atoms with Gasteiger partial charge in [0.2, 0.25) is 5.95 Å². The molecule has 6 nitrogen and oxygen atoms in total. The van der Waals surface area contributed by atoms with Gasteiger partial charge in [-0.15, -0.1) is 5.10 Å². The van der Waals surface area contributed by atoms with E-state index in [4.69, 9.17) is 0 Å². The summed E-state index contributed by atoms with van der Waals surface area (Å²) in [6, 6.07) is 15.7. The van der Waals surface area contributed by atoms with Crippen molar-refractivity contribution in [2.24, 2.45) is 0 Å². The average molecular weight is 338 g/mol. The molecule has 0 saturated heterocycles. The van der Waals surface area contributed by atoms with Gasteiger partial charge in [-0.3, -0.25) is 14.2 Å². The lowest BCUT2D eigenvalue weighted by Crippen LogP contribution is -2.42. The number of halogens is 1. The first-order valence-electron chi connectivity index (χ1n) is 7.93. The third kappa shape index (κ3) is 2.63. The van der Waals surface area contributed by atoms with Crippen molar-refractivity contribution >= 4 is 11.6 Å². The Bertz CT molecular complexity index is 1040. The number of rotatable bonds is 3. The molecule has 0 spiro atoms. The van der Waals surface area contributed by atoms with Crippen LogP contribution in [0.2, 0.25) is 0 Å². The van der Waals surface area contributed by atoms with Crippen LogP contribution in [0.3, 0.4) is 0 Å². The van der Waals surface area contributed by atoms with Crippen LogP contribution in [0.4, 0.5) is 16.0 Å². The second-order valence-corrected chi connectivity index (χ2v) is 5.80. The highest BCUT2D eigenvalue weighted by Gasteiger charge is 2.25. The van der Waals surface area contributed by atoms with E-state index < -0.39 is 16.9 Å². The minimum Gasteiger partial charge on any atom is -0.309 e. The molecule has 0 radical (unpaired) electrons. The van der Waals surface area contributed by atoms with E-state index in [1.807, 2.05) is 35.2 Å². The van der Waals surface area contributed by atoms with Gasteiger partial charge in [0.25, 0.3) is 0 Å². The summed E-state index contributed by atoms with van der Waals surface area (Å²) in [5, 5.41) is 4.33. The molecular weight excluding hydrogens is 323 g/mol. The fraction of sp³-hybridized carbons (Fsp3) is 0.167. The first kappa shape index (κ1) is 15.3. The molecule has 25 heavy (non-hydrogen) atoms. The third-order valence-electron chi connectivity index (χ3n) is 4.25. The fourth-order valence-electron chi connectivity index (χ4n) is 2.97. The van der Waals surface area contributed by atoms with E-state index in [0.717, 1.165) is 10.4 Å². The van der Waals surface area contributed by atoms with Gasteiger partial charge in [-0.25, -0.2) is 9.07 Å². The predicted octanol–water partition coefficient (Wildman–Crippen LogP) is 1.74. The highest BCUT2D eigenvalue weighted by molar-refractivity contribution is 5.58. The van der Waals surface area contributed by atoms with Gasteiger partial charge in [0.05, 0.1) is 6.54 Å². The lowest BCUT2D eigenvalue weighted by Gasteiger charge is -2.17. The number of nitrogens with zero attached hydrogens (tertiary/aromatic N) is 4. The fourth-order valence-corrected chi connectivity index (χ4v) is 2.97. The van der Waals surface area contributed by atoms with Gasteiger partial charge >= 0.3 is 11.1 Å². The molecule has 3 aromatic rings. The highest BCUT2D eigenvalue weighted by atomic mass is 19.1. The topological polar surface area (TPSA) is 60.1 Å². The Kier molecular flexibility index (Phi) is 3.68. The molecule has 0 aliphatic carbocycles. The Balaban J connectivity index is 1.81. The van der Waals surface area contributed by atoms with E-state index in [1.165, 1.54) is 10.6 Å². The molecular formula is C18H15FN4O2. The molecule has 1 aliphatic rings. The van der Waals surface area contributed by atoms with Crippen LogP contribution < -0.4 is 16.0 Å². The molecule has 0 atom stereocenters. The molecule has 0 unspecified atom stereocenters. The van der Waals surface area contributed by atoms with Crippen molar-refractivity contribution in [3.8, 4) is 0 Å². The first-order chi connectivity index (χ1) is 12.1. The Hall–Kier alpha value is -3.22. The predicted molar refractivity (Wildman–Crippen MR) is 91.7 cm³/mol. The maximum absolute atomic E-state index is 13.9. The largest absolute Gasteiger partial charge is 0.333 e. The number of anilines is 2. The SMILES string of the molecule is O=c1c(=O)n2c(nn1Cc1ccccc1F)N(c1ccccc1)CC2. The van der Waals surface area contributed by atoms with Crippen molar-refractivity contribution in [3.05, 3.63) is 86.7 Å². The standard InChI is InChI=1S/C18H15FN4O2/c19-15-9-5-4-6-13(15)12-23-17(25)16(24)22-11-10-21(18(22)20-23)14-7-2-1-3-8-14/h1-9H,10-12H2. The maximum atomic E-state index is 13.9. The smallest absolute Gasteiger partial charge is 0.309 e. The van der Waals surface area contributed by atoms with Crippen LogP contribution in [-0.2, 0) is 13.1 Å². The number of para-hydroxylation sites is 1. The molecule has 0 amide bonds. The summed E-state index contributed by atoms with van der Waals surface area (Å²) in [6.45, 7) is 0.860. The zero-order chi connectivity index (χ0) is 17.4. The molecule has 0 fully saturated rings. The molecule has 7 heteroatoms. The normalized spacial score (nSPS) is 13.1. The molecule has 0 bridgehead atoms. The van der Waals surface area contributed by atoms with Crippen molar-refractivity contribution in [1.29, 1.82) is 0 Å². The van der Waals surface area contributed by atoms with Gasteiger partial charge < -0.3 is 4.90 Å². The quantitative estimate of drug-likeness (QED) is 0.683. The zero-order valence-electron chi connectivity index (χ0n) is 13.3. The van der Waals surface area contributed by atoms with Crippen molar-refractivity contribution < 1.29 is 4.39 Å². The summed E-state index contributed by atoms with van der Waals surface area (Å²) in [5.41, 5.74) is -0.191. The van der Waals surface area contributed by atoms with Crippen LogP contribution in [0, 0.1) is 5.82 Å². The highest BCUT2D eigenvalue weighted by Crippen LogP contribution is 2.25. The summed E-state index contributed by atoms with van der Waals surface area (Å²) < 4.78 is 16.3. The second-order valence-electron chi connectivity index (χ2n) is 5.80. The van der Waals surface area contributed by atoms with Crippen LogP contribution in [0.25, 0.3) is 0 Å². The van der Waals surface area contributed by atoms with Crippen LogP contribution in [0.5, 0.6) is 0 Å². The van der Waals surface area contributed by atoms with Gasteiger partial charge in [0.1, 0.15) is 5.82 Å². The van der Waals surface area contributed by atoms with Crippen LogP contribution in [-0.4, -0.2) is 20.9 Å². The van der Waals surface area contributed by atoms with Crippen molar-refractivity contribution in [2.45, 2.75) is 13.1 Å². The monoisotopic (exact) mass is 338 g/mol. The summed E-state index contributed by atoms with van der Waals surface area (Å²) >= 11 is 0. The maximum Gasteiger partial charge on any atom is 0.333 e. The molecule has 0 saturated carbocycles. The van der Waals surface area contributed by atoms with Gasteiger partial charge in [-0.2, -0.15) is 0 Å². The van der Waals surface area contributed by atoms with Crippen molar-refractivity contribution in [2.75, 3.05) is 11.4 Å². The number of fused-ring (bicyclic) bond motifs is 1. The Labute approximate surface area is 142 Å². The van der Waals surface area contributed by atoms with Crippen molar-refractivity contribution in [3.63, 3.8) is 0 Å². The number of benzene rings is 2.